The molecule has 7 heteroatoms. The second-order valence-electron chi connectivity index (χ2n) is 9.12. The van der Waals surface area contributed by atoms with E-state index in [1.54, 1.807) is 31.1 Å². The Labute approximate surface area is 210 Å². The minimum Gasteiger partial charge on any atom is -0.497 e. The van der Waals surface area contributed by atoms with Crippen LogP contribution in [0, 0.1) is 0 Å². The molecule has 0 saturated carbocycles. The van der Waals surface area contributed by atoms with Crippen molar-refractivity contribution in [2.75, 3.05) is 43.1 Å². The van der Waals surface area contributed by atoms with E-state index in [1.807, 2.05) is 54.6 Å². The number of fused-ring (bicyclic) bond motifs is 1. The Morgan fingerprint density at radius 2 is 1.69 bits per heavy atom. The number of carbonyl (C=O) groups is 2. The van der Waals surface area contributed by atoms with Crippen LogP contribution < -0.4 is 19.9 Å². The third-order valence-corrected chi connectivity index (χ3v) is 7.21. The van der Waals surface area contributed by atoms with Crippen molar-refractivity contribution in [3.8, 4) is 5.75 Å². The summed E-state index contributed by atoms with van der Waals surface area (Å²) in [5.74, 6) is 0.101. The van der Waals surface area contributed by atoms with Gasteiger partial charge in [-0.2, -0.15) is 0 Å². The molecule has 1 atom stereocenters. The molecule has 1 saturated heterocycles. The minimum atomic E-state index is -1.41. The van der Waals surface area contributed by atoms with Crippen LogP contribution in [0.15, 0.2) is 66.7 Å². The summed E-state index contributed by atoms with van der Waals surface area (Å²) in [6, 6.07) is 20.6. The first-order valence-corrected chi connectivity index (χ1v) is 12.2. The average molecular weight is 490 g/mol. The zero-order chi connectivity index (χ0) is 24.6. The highest BCUT2D eigenvalue weighted by Gasteiger charge is 2.52. The Morgan fingerprint density at radius 3 is 2.40 bits per heavy atom. The van der Waals surface area contributed by atoms with Gasteiger partial charge in [0.2, 0.25) is 5.91 Å². The Balaban J connectivity index is 1.73. The molecule has 3 aromatic carbocycles. The Kier molecular flexibility index (Phi) is 6.26. The van der Waals surface area contributed by atoms with Gasteiger partial charge in [0.15, 0.2) is 5.78 Å². The number of carbonyl (C=O) groups excluding carboxylic acids is 2. The van der Waals surface area contributed by atoms with Gasteiger partial charge in [0.1, 0.15) is 11.2 Å². The lowest BCUT2D eigenvalue weighted by Crippen LogP contribution is -2.55. The number of nitrogens with zero attached hydrogens (tertiary/aromatic N) is 2. The summed E-state index contributed by atoms with van der Waals surface area (Å²) in [5.41, 5.74) is 2.04. The molecule has 35 heavy (non-hydrogen) atoms. The molecule has 5 rings (SSSR count). The lowest BCUT2D eigenvalue weighted by molar-refractivity contribution is -0.122. The zero-order valence-electron chi connectivity index (χ0n) is 19.9. The Bertz CT molecular complexity index is 1270. The van der Waals surface area contributed by atoms with Crippen molar-refractivity contribution >= 4 is 34.7 Å². The smallest absolute Gasteiger partial charge is 0.245 e. The van der Waals surface area contributed by atoms with Crippen LogP contribution in [0.3, 0.4) is 0 Å². The third-order valence-electron chi connectivity index (χ3n) is 6.99. The molecule has 2 heterocycles. The second-order valence-corrected chi connectivity index (χ2v) is 9.56. The summed E-state index contributed by atoms with van der Waals surface area (Å²) in [6.45, 7) is 5.19. The fraction of sp³-hybridized carbons (Fsp3) is 0.286. The fourth-order valence-electron chi connectivity index (χ4n) is 5.02. The summed E-state index contributed by atoms with van der Waals surface area (Å²) in [6.07, 6.45) is 0. The van der Waals surface area contributed by atoms with Crippen LogP contribution in [0.25, 0.3) is 0 Å². The monoisotopic (exact) mass is 489 g/mol. The molecule has 3 aromatic rings. The number of hydrogen-bond donors (Lipinski definition) is 1. The van der Waals surface area contributed by atoms with Crippen molar-refractivity contribution in [3.05, 3.63) is 88.4 Å². The molecule has 1 N–H and O–H groups in total. The van der Waals surface area contributed by atoms with E-state index in [-0.39, 0.29) is 11.7 Å². The number of halogens is 1. The lowest BCUT2D eigenvalue weighted by atomic mass is 9.71. The molecular weight excluding hydrogens is 462 g/mol. The molecule has 0 spiro atoms. The molecule has 2 aliphatic rings. The molecule has 0 radical (unpaired) electrons. The average Bonchev–Trinajstić information content (AvgIpc) is 2.90. The summed E-state index contributed by atoms with van der Waals surface area (Å²) >= 11 is 6.58. The van der Waals surface area contributed by atoms with Crippen LogP contribution >= 0.6 is 11.6 Å². The number of piperazine rings is 1. The van der Waals surface area contributed by atoms with Crippen LogP contribution in [-0.4, -0.2) is 45.0 Å². The summed E-state index contributed by atoms with van der Waals surface area (Å²) in [7, 11) is 1.58. The van der Waals surface area contributed by atoms with E-state index in [1.165, 1.54) is 0 Å². The molecule has 2 aliphatic heterocycles. The van der Waals surface area contributed by atoms with Crippen LogP contribution in [0.4, 0.5) is 11.4 Å². The van der Waals surface area contributed by atoms with E-state index in [0.29, 0.717) is 34.1 Å². The van der Waals surface area contributed by atoms with Gasteiger partial charge in [-0.3, -0.25) is 9.59 Å². The quantitative estimate of drug-likeness (QED) is 0.537. The predicted molar refractivity (Wildman–Crippen MR) is 139 cm³/mol. The van der Waals surface area contributed by atoms with Crippen molar-refractivity contribution < 1.29 is 14.3 Å². The first-order chi connectivity index (χ1) is 16.9. The lowest BCUT2D eigenvalue weighted by Gasteiger charge is -2.42. The van der Waals surface area contributed by atoms with Gasteiger partial charge in [-0.25, -0.2) is 0 Å². The molecule has 1 unspecified atom stereocenters. The zero-order valence-corrected chi connectivity index (χ0v) is 20.6. The standard InChI is InChI=1S/C28H28ClN3O3/c1-28(20-9-6-10-22(15-20)35-2)26(33)25-23(31-13-11-30-12-14-31)16-21(29)17-24(25)32(27(28)34)18-19-7-4-3-5-8-19/h3-10,15-17,30H,11-14,18H2,1-2H3. The highest BCUT2D eigenvalue weighted by Crippen LogP contribution is 2.46. The maximum Gasteiger partial charge on any atom is 0.245 e. The van der Waals surface area contributed by atoms with E-state index in [4.69, 9.17) is 16.3 Å². The fourth-order valence-corrected chi connectivity index (χ4v) is 5.22. The summed E-state index contributed by atoms with van der Waals surface area (Å²) < 4.78 is 5.42. The van der Waals surface area contributed by atoms with Crippen molar-refractivity contribution in [3.63, 3.8) is 0 Å². The van der Waals surface area contributed by atoms with Crippen molar-refractivity contribution in [1.82, 2.24) is 5.32 Å². The van der Waals surface area contributed by atoms with E-state index < -0.39 is 5.41 Å². The number of ketones is 1. The minimum absolute atomic E-state index is 0.222. The van der Waals surface area contributed by atoms with E-state index in [2.05, 4.69) is 10.2 Å². The Morgan fingerprint density at radius 1 is 0.971 bits per heavy atom. The van der Waals surface area contributed by atoms with Crippen LogP contribution in [0.2, 0.25) is 5.02 Å². The van der Waals surface area contributed by atoms with Crippen LogP contribution in [0.1, 0.15) is 28.4 Å². The van der Waals surface area contributed by atoms with Gasteiger partial charge in [-0.15, -0.1) is 0 Å². The SMILES string of the molecule is COc1cccc(C2(C)C(=O)c3c(N4CCNCC4)cc(Cl)cc3N(Cc3ccccc3)C2=O)c1. The molecule has 0 bridgehead atoms. The van der Waals surface area contributed by atoms with Gasteiger partial charge in [0, 0.05) is 31.2 Å². The van der Waals surface area contributed by atoms with Gasteiger partial charge in [0.25, 0.3) is 0 Å². The number of amides is 1. The van der Waals surface area contributed by atoms with E-state index in [0.717, 1.165) is 37.4 Å². The van der Waals surface area contributed by atoms with Crippen molar-refractivity contribution in [1.29, 1.82) is 0 Å². The second kappa shape index (κ2) is 9.36. The number of methoxy groups -OCH3 is 1. The van der Waals surface area contributed by atoms with Gasteiger partial charge in [-0.1, -0.05) is 54.1 Å². The maximum atomic E-state index is 14.3. The number of rotatable bonds is 5. The highest BCUT2D eigenvalue weighted by molar-refractivity contribution is 6.34. The van der Waals surface area contributed by atoms with E-state index in [9.17, 15) is 9.59 Å². The topological polar surface area (TPSA) is 61.9 Å². The van der Waals surface area contributed by atoms with Gasteiger partial charge < -0.3 is 19.9 Å². The number of nitrogens with one attached hydrogen (secondary N) is 1. The molecular formula is C28H28ClN3O3. The number of benzene rings is 3. The van der Waals surface area contributed by atoms with Crippen molar-refractivity contribution in [2.45, 2.75) is 18.9 Å². The summed E-state index contributed by atoms with van der Waals surface area (Å²) in [4.78, 5) is 32.5. The highest BCUT2D eigenvalue weighted by atomic mass is 35.5. The van der Waals surface area contributed by atoms with Gasteiger partial charge >= 0.3 is 0 Å². The first-order valence-electron chi connectivity index (χ1n) is 11.8. The van der Waals surface area contributed by atoms with Crippen molar-refractivity contribution in [2.24, 2.45) is 0 Å². The largest absolute Gasteiger partial charge is 0.497 e. The molecule has 0 aromatic heterocycles. The Hall–Kier alpha value is -3.35. The normalized spacial score (nSPS) is 20.1. The van der Waals surface area contributed by atoms with E-state index >= 15 is 0 Å². The number of hydrogen-bond acceptors (Lipinski definition) is 5. The number of Topliss-reactive ketones (excluding diaryl/α,β-unsaturated/α-hetero) is 1. The third kappa shape index (κ3) is 4.07. The molecule has 1 amide bonds. The van der Waals surface area contributed by atoms with Gasteiger partial charge in [-0.05, 0) is 42.3 Å². The molecule has 180 valence electrons. The maximum absolute atomic E-state index is 14.3. The molecule has 6 nitrogen and oxygen atoms in total. The first kappa shape index (κ1) is 23.4. The van der Waals surface area contributed by atoms with Gasteiger partial charge in [0.05, 0.1) is 30.6 Å². The van der Waals surface area contributed by atoms with Crippen LogP contribution in [-0.2, 0) is 16.8 Å². The van der Waals surface area contributed by atoms with Crippen LogP contribution in [0.5, 0.6) is 5.75 Å². The number of anilines is 2. The summed E-state index contributed by atoms with van der Waals surface area (Å²) in [5, 5.41) is 3.86. The predicted octanol–water partition coefficient (Wildman–Crippen LogP) is 4.45. The molecule has 1 fully saturated rings. The molecule has 0 aliphatic carbocycles. The number of ether oxygens (including phenoxy) is 1.